The normalized spacial score (nSPS) is 12.2. The first kappa shape index (κ1) is 19.1. The number of hydrogen-bond acceptors (Lipinski definition) is 3. The molecule has 0 amide bonds. The first-order valence-electron chi connectivity index (χ1n) is 9.34. The highest BCUT2D eigenvalue weighted by molar-refractivity contribution is 5.82. The van der Waals surface area contributed by atoms with Crippen molar-refractivity contribution in [3.05, 3.63) is 66.1 Å². The number of aromatic nitrogens is 2. The van der Waals surface area contributed by atoms with Crippen LogP contribution >= 0.6 is 0 Å². The Balaban J connectivity index is 2.19. The molecule has 0 saturated carbocycles. The van der Waals surface area contributed by atoms with Gasteiger partial charge in [-0.1, -0.05) is 77.9 Å². The molecule has 3 nitrogen and oxygen atoms in total. The Morgan fingerprint density at radius 3 is 1.93 bits per heavy atom. The van der Waals surface area contributed by atoms with Crippen LogP contribution in [0.1, 0.15) is 52.9 Å². The van der Waals surface area contributed by atoms with Crippen LogP contribution in [0.2, 0.25) is 0 Å². The molecule has 3 heteroatoms. The lowest BCUT2D eigenvalue weighted by atomic mass is 9.86. The third kappa shape index (κ3) is 4.02. The number of phenols is 1. The quantitative estimate of drug-likeness (QED) is 0.599. The van der Waals surface area contributed by atoms with E-state index in [1.54, 1.807) is 6.07 Å². The number of phenolic OH excluding ortho intramolecular Hbond substituents is 1. The van der Waals surface area contributed by atoms with Crippen LogP contribution in [0.5, 0.6) is 5.75 Å². The molecule has 0 spiro atoms. The van der Waals surface area contributed by atoms with E-state index in [0.29, 0.717) is 0 Å². The summed E-state index contributed by atoms with van der Waals surface area (Å²) in [5, 5.41) is 10.4. The zero-order chi connectivity index (χ0) is 19.8. The van der Waals surface area contributed by atoms with Crippen LogP contribution in [0.4, 0.5) is 0 Å². The second-order valence-electron chi connectivity index (χ2n) is 9.05. The predicted octanol–water partition coefficient (Wildman–Crippen LogP) is 6.11. The first-order valence-corrected chi connectivity index (χ1v) is 9.34. The van der Waals surface area contributed by atoms with Gasteiger partial charge < -0.3 is 5.11 Å². The summed E-state index contributed by atoms with van der Waals surface area (Å²) in [5.74, 6) is 0.986. The van der Waals surface area contributed by atoms with E-state index in [-0.39, 0.29) is 16.6 Å². The molecule has 0 bridgehead atoms. The maximum absolute atomic E-state index is 10.4. The van der Waals surface area contributed by atoms with E-state index in [0.717, 1.165) is 28.2 Å². The smallest absolute Gasteiger partial charge is 0.134 e. The van der Waals surface area contributed by atoms with E-state index in [9.17, 15) is 5.11 Å². The third-order valence-corrected chi connectivity index (χ3v) is 4.68. The number of rotatable bonds is 2. The van der Waals surface area contributed by atoms with Crippen LogP contribution < -0.4 is 0 Å². The second-order valence-corrected chi connectivity index (χ2v) is 9.05. The van der Waals surface area contributed by atoms with Crippen molar-refractivity contribution < 1.29 is 5.11 Å². The lowest BCUT2D eigenvalue weighted by Gasteiger charge is -2.21. The Labute approximate surface area is 162 Å². The molecule has 0 atom stereocenters. The molecule has 140 valence electrons. The molecule has 3 aromatic rings. The highest BCUT2D eigenvalue weighted by Gasteiger charge is 2.22. The molecule has 1 N–H and O–H groups in total. The van der Waals surface area contributed by atoms with Crippen molar-refractivity contribution >= 4 is 0 Å². The van der Waals surface area contributed by atoms with Crippen molar-refractivity contribution in [2.75, 3.05) is 0 Å². The van der Waals surface area contributed by atoms with Gasteiger partial charge in [-0.15, -0.1) is 0 Å². The number of hydrogen-bond donors (Lipinski definition) is 1. The molecular weight excluding hydrogens is 332 g/mol. The van der Waals surface area contributed by atoms with Gasteiger partial charge >= 0.3 is 0 Å². The van der Waals surface area contributed by atoms with E-state index in [1.807, 2.05) is 24.4 Å². The molecule has 0 aliphatic rings. The summed E-state index contributed by atoms with van der Waals surface area (Å²) in [6, 6.07) is 15.9. The molecule has 1 heterocycles. The SMILES string of the molecule is CC(C)(C)c1ccc(-c2cnc(C(C)(C)C)nc2-c2ccccc2O)cc1. The van der Waals surface area contributed by atoms with E-state index in [2.05, 4.69) is 70.8 Å². The summed E-state index contributed by atoms with van der Waals surface area (Å²) in [5.41, 5.74) is 4.66. The van der Waals surface area contributed by atoms with Gasteiger partial charge in [-0.3, -0.25) is 0 Å². The van der Waals surface area contributed by atoms with Gasteiger partial charge in [0.25, 0.3) is 0 Å². The highest BCUT2D eigenvalue weighted by Crippen LogP contribution is 2.37. The van der Waals surface area contributed by atoms with Crippen LogP contribution in [0.15, 0.2) is 54.7 Å². The Morgan fingerprint density at radius 2 is 1.37 bits per heavy atom. The fraction of sp³-hybridized carbons (Fsp3) is 0.333. The highest BCUT2D eigenvalue weighted by atomic mass is 16.3. The lowest BCUT2D eigenvalue weighted by molar-refractivity contribution is 0.477. The molecule has 0 saturated heterocycles. The van der Waals surface area contributed by atoms with Crippen LogP contribution in [-0.2, 0) is 10.8 Å². The molecule has 0 unspecified atom stereocenters. The molecule has 3 rings (SSSR count). The largest absolute Gasteiger partial charge is 0.507 e. The summed E-state index contributed by atoms with van der Waals surface area (Å²) in [7, 11) is 0. The van der Waals surface area contributed by atoms with Gasteiger partial charge in [0.05, 0.1) is 5.69 Å². The van der Waals surface area contributed by atoms with Crippen LogP contribution in [-0.4, -0.2) is 15.1 Å². The minimum Gasteiger partial charge on any atom is -0.507 e. The Bertz CT molecular complexity index is 945. The van der Waals surface area contributed by atoms with Crippen LogP contribution in [0.3, 0.4) is 0 Å². The lowest BCUT2D eigenvalue weighted by Crippen LogP contribution is -2.16. The van der Waals surface area contributed by atoms with Gasteiger partial charge in [0, 0.05) is 22.7 Å². The van der Waals surface area contributed by atoms with Crippen LogP contribution in [0, 0.1) is 0 Å². The number of para-hydroxylation sites is 1. The number of nitrogens with zero attached hydrogens (tertiary/aromatic N) is 2. The number of benzene rings is 2. The van der Waals surface area contributed by atoms with Gasteiger partial charge in [0.1, 0.15) is 11.6 Å². The topological polar surface area (TPSA) is 46.0 Å². The van der Waals surface area contributed by atoms with Crippen molar-refractivity contribution in [2.24, 2.45) is 0 Å². The molecule has 27 heavy (non-hydrogen) atoms. The molecule has 0 fully saturated rings. The van der Waals surface area contributed by atoms with Gasteiger partial charge in [-0.05, 0) is 28.7 Å². The molecule has 2 aromatic carbocycles. The Morgan fingerprint density at radius 1 is 0.741 bits per heavy atom. The predicted molar refractivity (Wildman–Crippen MR) is 112 cm³/mol. The summed E-state index contributed by atoms with van der Waals surface area (Å²) in [6.07, 6.45) is 1.88. The minimum atomic E-state index is -0.173. The van der Waals surface area contributed by atoms with Crippen molar-refractivity contribution in [3.63, 3.8) is 0 Å². The molecule has 0 radical (unpaired) electrons. The average Bonchev–Trinajstić information content (AvgIpc) is 2.60. The fourth-order valence-electron chi connectivity index (χ4n) is 2.98. The summed E-state index contributed by atoms with van der Waals surface area (Å²) >= 11 is 0. The summed E-state index contributed by atoms with van der Waals surface area (Å²) < 4.78 is 0. The first-order chi connectivity index (χ1) is 12.6. The van der Waals surface area contributed by atoms with Crippen molar-refractivity contribution in [3.8, 4) is 28.1 Å². The summed E-state index contributed by atoms with van der Waals surface area (Å²) in [6.45, 7) is 12.9. The zero-order valence-electron chi connectivity index (χ0n) is 17.0. The Hall–Kier alpha value is -2.68. The maximum Gasteiger partial charge on any atom is 0.134 e. The van der Waals surface area contributed by atoms with Gasteiger partial charge in [0.15, 0.2) is 0 Å². The molecule has 0 aliphatic carbocycles. The third-order valence-electron chi connectivity index (χ3n) is 4.68. The van der Waals surface area contributed by atoms with E-state index < -0.39 is 0 Å². The van der Waals surface area contributed by atoms with Crippen molar-refractivity contribution in [1.29, 1.82) is 0 Å². The maximum atomic E-state index is 10.4. The van der Waals surface area contributed by atoms with Crippen LogP contribution in [0.25, 0.3) is 22.4 Å². The van der Waals surface area contributed by atoms with Gasteiger partial charge in [-0.2, -0.15) is 0 Å². The van der Waals surface area contributed by atoms with Gasteiger partial charge in [-0.25, -0.2) is 9.97 Å². The Kier molecular flexibility index (Phi) is 4.81. The number of aromatic hydroxyl groups is 1. The monoisotopic (exact) mass is 360 g/mol. The summed E-state index contributed by atoms with van der Waals surface area (Å²) in [4.78, 5) is 9.47. The fourth-order valence-corrected chi connectivity index (χ4v) is 2.98. The van der Waals surface area contributed by atoms with Gasteiger partial charge in [0.2, 0.25) is 0 Å². The molecule has 0 aliphatic heterocycles. The zero-order valence-corrected chi connectivity index (χ0v) is 17.0. The minimum absolute atomic E-state index is 0.103. The molecule has 1 aromatic heterocycles. The average molecular weight is 361 g/mol. The van der Waals surface area contributed by atoms with E-state index in [1.165, 1.54) is 5.56 Å². The van der Waals surface area contributed by atoms with Crippen molar-refractivity contribution in [1.82, 2.24) is 9.97 Å². The second kappa shape index (κ2) is 6.80. The van der Waals surface area contributed by atoms with E-state index >= 15 is 0 Å². The van der Waals surface area contributed by atoms with E-state index in [4.69, 9.17) is 4.98 Å². The molecular formula is C24H28N2O. The standard InChI is InChI=1S/C24H28N2O/c1-23(2,3)17-13-11-16(12-14-17)19-15-25-22(24(4,5)6)26-21(19)18-9-7-8-10-20(18)27/h7-15,27H,1-6H3. The van der Waals surface area contributed by atoms with Crippen molar-refractivity contribution in [2.45, 2.75) is 52.4 Å².